The van der Waals surface area contributed by atoms with Crippen LogP contribution in [0.3, 0.4) is 0 Å². The fourth-order valence-electron chi connectivity index (χ4n) is 5.80. The van der Waals surface area contributed by atoms with Crippen LogP contribution in [0.4, 0.5) is 0 Å². The van der Waals surface area contributed by atoms with Crippen molar-refractivity contribution in [3.63, 3.8) is 0 Å². The Hall–Kier alpha value is -2.71. The van der Waals surface area contributed by atoms with Gasteiger partial charge in [0.1, 0.15) is 12.2 Å². The molecular formula is C22H26N6O2. The van der Waals surface area contributed by atoms with E-state index in [1.807, 2.05) is 36.7 Å². The molecule has 1 spiro atoms. The monoisotopic (exact) mass is 406 g/mol. The van der Waals surface area contributed by atoms with Gasteiger partial charge in [0.15, 0.2) is 0 Å². The van der Waals surface area contributed by atoms with Gasteiger partial charge in [0, 0.05) is 62.8 Å². The van der Waals surface area contributed by atoms with E-state index in [9.17, 15) is 4.79 Å². The Morgan fingerprint density at radius 1 is 1.30 bits per heavy atom. The van der Waals surface area contributed by atoms with Gasteiger partial charge in [0.2, 0.25) is 5.91 Å². The van der Waals surface area contributed by atoms with Crippen LogP contribution in [0.15, 0.2) is 49.1 Å². The summed E-state index contributed by atoms with van der Waals surface area (Å²) in [5.74, 6) is 0.861. The third-order valence-electron chi connectivity index (χ3n) is 7.05. The van der Waals surface area contributed by atoms with E-state index in [0.717, 1.165) is 43.8 Å². The van der Waals surface area contributed by atoms with Gasteiger partial charge in [-0.15, -0.1) is 0 Å². The van der Waals surface area contributed by atoms with E-state index in [2.05, 4.69) is 25.9 Å². The molecule has 1 N–H and O–H groups in total. The van der Waals surface area contributed by atoms with Crippen molar-refractivity contribution in [2.75, 3.05) is 19.6 Å². The topological polar surface area (TPSA) is 76.7 Å². The number of nitrogens with zero attached hydrogens (tertiary/aromatic N) is 5. The van der Waals surface area contributed by atoms with Crippen molar-refractivity contribution in [1.82, 2.24) is 29.4 Å². The molecule has 3 aromatic heterocycles. The van der Waals surface area contributed by atoms with Crippen LogP contribution in [0.25, 0.3) is 5.65 Å². The molecule has 2 bridgehead atoms. The van der Waals surface area contributed by atoms with Gasteiger partial charge in [-0.3, -0.25) is 14.4 Å². The molecule has 1 amide bonds. The smallest absolute Gasteiger partial charge is 0.241 e. The third-order valence-corrected chi connectivity index (χ3v) is 7.05. The summed E-state index contributed by atoms with van der Waals surface area (Å²) in [6.45, 7) is 3.75. The molecular weight excluding hydrogens is 380 g/mol. The van der Waals surface area contributed by atoms with E-state index in [1.54, 1.807) is 10.9 Å². The molecule has 3 fully saturated rings. The van der Waals surface area contributed by atoms with Crippen molar-refractivity contribution in [3.8, 4) is 0 Å². The molecule has 3 aliphatic heterocycles. The molecule has 6 rings (SSSR count). The lowest BCUT2D eigenvalue weighted by atomic mass is 9.73. The van der Waals surface area contributed by atoms with E-state index in [0.29, 0.717) is 18.4 Å². The third kappa shape index (κ3) is 3.02. The number of carbonyl (C=O) groups excluding carboxylic acids is 1. The van der Waals surface area contributed by atoms with Crippen LogP contribution in [0.2, 0.25) is 0 Å². The number of carbonyl (C=O) groups is 1. The molecule has 3 aromatic rings. The molecule has 8 heteroatoms. The van der Waals surface area contributed by atoms with E-state index < -0.39 is 0 Å². The van der Waals surface area contributed by atoms with E-state index in [4.69, 9.17) is 9.72 Å². The van der Waals surface area contributed by atoms with Gasteiger partial charge >= 0.3 is 0 Å². The maximum Gasteiger partial charge on any atom is 0.241 e. The molecule has 4 atom stereocenters. The first-order valence-electron chi connectivity index (χ1n) is 10.8. The van der Waals surface area contributed by atoms with Gasteiger partial charge < -0.3 is 14.5 Å². The van der Waals surface area contributed by atoms with E-state index >= 15 is 0 Å². The number of pyridine rings is 1. The summed E-state index contributed by atoms with van der Waals surface area (Å²) in [6, 6.07) is 7.91. The predicted octanol–water partition coefficient (Wildman–Crippen LogP) is 1.33. The number of amides is 1. The second-order valence-corrected chi connectivity index (χ2v) is 8.91. The molecule has 0 aromatic carbocycles. The highest BCUT2D eigenvalue weighted by atomic mass is 16.5. The Labute approximate surface area is 174 Å². The Morgan fingerprint density at radius 2 is 2.27 bits per heavy atom. The van der Waals surface area contributed by atoms with Gasteiger partial charge in [0.25, 0.3) is 0 Å². The average Bonchev–Trinajstić information content (AvgIpc) is 3.52. The summed E-state index contributed by atoms with van der Waals surface area (Å²) >= 11 is 0. The van der Waals surface area contributed by atoms with E-state index in [-0.39, 0.29) is 24.2 Å². The minimum Gasteiger partial charge on any atom is -0.370 e. The minimum atomic E-state index is -0.0405. The minimum absolute atomic E-state index is 0.00933. The first kappa shape index (κ1) is 18.1. The van der Waals surface area contributed by atoms with Crippen LogP contribution in [0.1, 0.15) is 18.5 Å². The Bertz CT molecular complexity index is 1030. The second-order valence-electron chi connectivity index (χ2n) is 8.91. The number of rotatable bonds is 6. The molecule has 0 radical (unpaired) electrons. The van der Waals surface area contributed by atoms with Gasteiger partial charge in [-0.05, 0) is 31.0 Å². The highest BCUT2D eigenvalue weighted by Gasteiger charge is 2.62. The average molecular weight is 406 g/mol. The fourth-order valence-corrected chi connectivity index (χ4v) is 5.80. The van der Waals surface area contributed by atoms with Gasteiger partial charge in [0.05, 0.1) is 17.4 Å². The zero-order chi connectivity index (χ0) is 20.1. The SMILES string of the molecule is O=C(Cn1cccn1)NC[C@H]1[C@H]2CN(Cc3cn4ccccc4n3)C[C@]23CC[C@H]1O3. The number of fused-ring (bicyclic) bond motifs is 2. The van der Waals surface area contributed by atoms with Gasteiger partial charge in [-0.1, -0.05) is 6.07 Å². The summed E-state index contributed by atoms with van der Waals surface area (Å²) in [7, 11) is 0. The number of likely N-dealkylation sites (tertiary alicyclic amines) is 1. The summed E-state index contributed by atoms with van der Waals surface area (Å²) in [5, 5.41) is 7.23. The van der Waals surface area contributed by atoms with Crippen LogP contribution < -0.4 is 5.32 Å². The Morgan fingerprint density at radius 3 is 3.13 bits per heavy atom. The number of aromatic nitrogens is 4. The zero-order valence-electron chi connectivity index (χ0n) is 16.9. The number of hydrogen-bond donors (Lipinski definition) is 1. The van der Waals surface area contributed by atoms with E-state index in [1.165, 1.54) is 0 Å². The summed E-state index contributed by atoms with van der Waals surface area (Å²) in [4.78, 5) is 19.6. The largest absolute Gasteiger partial charge is 0.370 e. The number of imidazole rings is 1. The molecule has 156 valence electrons. The second kappa shape index (κ2) is 6.92. The van der Waals surface area contributed by atoms with Gasteiger partial charge in [-0.25, -0.2) is 4.98 Å². The van der Waals surface area contributed by atoms with Crippen molar-refractivity contribution in [1.29, 1.82) is 0 Å². The van der Waals surface area contributed by atoms with Crippen molar-refractivity contribution in [3.05, 3.63) is 54.7 Å². The molecule has 3 aliphatic rings. The van der Waals surface area contributed by atoms with Crippen molar-refractivity contribution in [2.24, 2.45) is 11.8 Å². The molecule has 6 heterocycles. The molecule has 0 saturated carbocycles. The summed E-state index contributed by atoms with van der Waals surface area (Å²) in [5.41, 5.74) is 2.04. The standard InChI is InChI=1S/C22H26N6O2/c29-21(14-28-9-3-7-24-28)23-10-17-18-13-26(15-22(18)6-5-19(17)30-22)11-16-12-27-8-2-1-4-20(27)25-16/h1-4,7-9,12,17-19H,5-6,10-11,13-15H2,(H,23,29)/t17-,18+,19+,22+/m0/s1. The lowest BCUT2D eigenvalue weighted by molar-refractivity contribution is -0.122. The van der Waals surface area contributed by atoms with Crippen molar-refractivity contribution < 1.29 is 9.53 Å². The maximum absolute atomic E-state index is 12.3. The predicted molar refractivity (Wildman–Crippen MR) is 110 cm³/mol. The molecule has 0 aliphatic carbocycles. The zero-order valence-corrected chi connectivity index (χ0v) is 16.9. The first-order valence-corrected chi connectivity index (χ1v) is 10.8. The molecule has 3 saturated heterocycles. The Kier molecular flexibility index (Phi) is 4.17. The van der Waals surface area contributed by atoms with Crippen LogP contribution in [-0.4, -0.2) is 61.3 Å². The van der Waals surface area contributed by atoms with Crippen LogP contribution >= 0.6 is 0 Å². The quantitative estimate of drug-likeness (QED) is 0.668. The normalized spacial score (nSPS) is 30.2. The van der Waals surface area contributed by atoms with Crippen molar-refractivity contribution >= 4 is 11.6 Å². The maximum atomic E-state index is 12.3. The summed E-state index contributed by atoms with van der Waals surface area (Å²) in [6.07, 6.45) is 10.2. The highest BCUT2D eigenvalue weighted by molar-refractivity contribution is 5.75. The van der Waals surface area contributed by atoms with Gasteiger partial charge in [-0.2, -0.15) is 5.10 Å². The number of hydrogen-bond acceptors (Lipinski definition) is 5. The fraction of sp³-hybridized carbons (Fsp3) is 0.500. The first-order chi connectivity index (χ1) is 14.7. The number of ether oxygens (including phenoxy) is 1. The van der Waals surface area contributed by atoms with Crippen LogP contribution in [-0.2, 0) is 22.6 Å². The highest BCUT2D eigenvalue weighted by Crippen LogP contribution is 2.54. The molecule has 30 heavy (non-hydrogen) atoms. The lowest BCUT2D eigenvalue weighted by Crippen LogP contribution is -2.42. The summed E-state index contributed by atoms with van der Waals surface area (Å²) < 4.78 is 10.3. The molecule has 8 nitrogen and oxygen atoms in total. The van der Waals surface area contributed by atoms with Crippen LogP contribution in [0.5, 0.6) is 0 Å². The number of nitrogens with one attached hydrogen (secondary N) is 1. The van der Waals surface area contributed by atoms with Crippen LogP contribution in [0, 0.1) is 11.8 Å². The molecule has 0 unspecified atom stereocenters. The Balaban J connectivity index is 1.11. The van der Waals surface area contributed by atoms with Crippen molar-refractivity contribution in [2.45, 2.75) is 37.6 Å². The lowest BCUT2D eigenvalue weighted by Gasteiger charge is -2.29.